The Hall–Kier alpha value is -15.2. The van der Waals surface area contributed by atoms with Gasteiger partial charge in [-0.15, -0.1) is 68.0 Å². The van der Waals surface area contributed by atoms with Crippen molar-refractivity contribution in [3.05, 3.63) is 427 Å². The molecule has 28 heteroatoms. The van der Waals surface area contributed by atoms with Gasteiger partial charge < -0.3 is 41.3 Å². The molecule has 0 aliphatic rings. The number of rotatable bonds is 16. The van der Waals surface area contributed by atoms with Crippen molar-refractivity contribution in [3.63, 3.8) is 0 Å². The Labute approximate surface area is 805 Å². The van der Waals surface area contributed by atoms with E-state index in [1.807, 2.05) is 255 Å². The van der Waals surface area contributed by atoms with Crippen molar-refractivity contribution in [2.75, 3.05) is 14.2 Å². The first-order chi connectivity index (χ1) is 65.6. The lowest BCUT2D eigenvalue weighted by molar-refractivity contribution is 0.0966. The molecule has 0 saturated carbocycles. The number of methoxy groups -OCH3 is 2. The number of furan rings is 1. The number of carbonyl (C=O) groups excluding carboxylic acids is 6. The number of hydrogen-bond donors (Lipinski definition) is 0. The highest BCUT2D eigenvalue weighted by Crippen LogP contribution is 2.31. The molecular formula is C107H97N13O9S6. The first kappa shape index (κ1) is 97.4. The largest absolute Gasteiger partial charge is 0.493 e. The van der Waals surface area contributed by atoms with Crippen molar-refractivity contribution in [1.82, 2.24) is 32.4 Å². The second kappa shape index (κ2) is 47.8. The van der Waals surface area contributed by atoms with E-state index in [9.17, 15) is 28.8 Å². The summed E-state index contributed by atoms with van der Waals surface area (Å²) in [6.45, 7) is 14.0. The normalized spacial score (nSPS) is 11.6. The third kappa shape index (κ3) is 25.4. The molecule has 8 aromatic heterocycles. The third-order valence-corrected chi connectivity index (χ3v) is 26.4. The highest BCUT2D eigenvalue weighted by atomic mass is 32.1. The predicted octanol–water partition coefficient (Wildman–Crippen LogP) is 22.2. The summed E-state index contributed by atoms with van der Waals surface area (Å²) in [6.07, 6.45) is 4.63. The molecule has 0 saturated heterocycles. The van der Waals surface area contributed by atoms with Crippen molar-refractivity contribution in [1.29, 1.82) is 0 Å². The first-order valence-corrected chi connectivity index (χ1v) is 48.0. The number of thiazole rings is 6. The number of carbonyl (C=O) groups is 6. The Balaban J connectivity index is 0.000000137. The van der Waals surface area contributed by atoms with Gasteiger partial charge in [-0.3, -0.25) is 33.8 Å². The molecular weight excluding hydrogens is 1800 g/mol. The maximum absolute atomic E-state index is 12.5. The maximum Gasteiger partial charge on any atom is 0.315 e. The monoisotopic (exact) mass is 1900 g/mol. The third-order valence-electron chi connectivity index (χ3n) is 21.0. The summed E-state index contributed by atoms with van der Waals surface area (Å²) < 4.78 is 27.4. The molecule has 18 rings (SSSR count). The highest BCUT2D eigenvalue weighted by Gasteiger charge is 2.18. The molecule has 135 heavy (non-hydrogen) atoms. The Morgan fingerprint density at radius 2 is 0.630 bits per heavy atom. The van der Waals surface area contributed by atoms with Crippen LogP contribution in [0.4, 0.5) is 0 Å². The average Bonchev–Trinajstić information content (AvgIpc) is 1.62. The minimum atomic E-state index is -0.358. The lowest BCUT2D eigenvalue weighted by atomic mass is 10.0. The molecule has 18 aromatic rings. The van der Waals surface area contributed by atoms with E-state index in [4.69, 9.17) is 13.9 Å². The van der Waals surface area contributed by atoms with Crippen LogP contribution in [-0.4, -0.2) is 82.0 Å². The van der Waals surface area contributed by atoms with Crippen molar-refractivity contribution in [2.45, 2.75) is 54.6 Å². The molecule has 0 aliphatic carbocycles. The van der Waals surface area contributed by atoms with E-state index in [1.165, 1.54) is 121 Å². The topological polar surface area (TPSA) is 251 Å². The zero-order valence-electron chi connectivity index (χ0n) is 76.3. The van der Waals surface area contributed by atoms with Crippen molar-refractivity contribution < 1.29 is 42.7 Å². The van der Waals surface area contributed by atoms with Crippen molar-refractivity contribution >= 4 is 103 Å². The van der Waals surface area contributed by atoms with Gasteiger partial charge in [0, 0.05) is 119 Å². The minimum Gasteiger partial charge on any atom is -0.493 e. The highest BCUT2D eigenvalue weighted by molar-refractivity contribution is 7.09. The van der Waals surface area contributed by atoms with Crippen LogP contribution in [0, 0.1) is 27.7 Å². The van der Waals surface area contributed by atoms with Crippen LogP contribution in [0.5, 0.6) is 11.5 Å². The number of aryl methyl sites for hydroxylation is 4. The lowest BCUT2D eigenvalue weighted by Gasteiger charge is -2.09. The quantitative estimate of drug-likeness (QED) is 0.0884. The molecule has 22 nitrogen and oxygen atoms in total. The van der Waals surface area contributed by atoms with Crippen molar-refractivity contribution in [2.24, 2.45) is 58.1 Å². The van der Waals surface area contributed by atoms with Gasteiger partial charge in [0.05, 0.1) is 60.2 Å². The van der Waals surface area contributed by atoms with Gasteiger partial charge in [0.2, 0.25) is 0 Å². The zero-order chi connectivity index (χ0) is 95.3. The van der Waals surface area contributed by atoms with Gasteiger partial charge in [0.1, 0.15) is 0 Å². The van der Waals surface area contributed by atoms with Crippen LogP contribution < -0.4 is 38.3 Å². The standard InChI is InChI=1S/C20H20N2OS.C19H18N2O3S.C19H18N2OS.C17H14N2OS.C16H13N3OS.C16H14N2O2S/c1-4-22-18(17-11-10-14(2)12-15(17)3)13-24-20(22)21-19(23)16-8-6-5-7-9-16;1-21-15(13-7-5-4-6-8-13)12-25-19(21)20-18(22)14-9-10-16(23-2)17(11-14)24-3;1-13-9-10-16(14(2)11-13)17-12-23-19(21(17)3)20-18(22)15-7-5-4-6-8-15;1-19-15(13-8-4-2-5-9-13)12-21-17(19)18-16(20)14-10-6-3-7-11-14;1-19-14(12-6-3-2-4-7-12)11-21-16(19)18-15(20)13-8-5-9-17-10-13;1-2-18-13(12-7-4-3-5-8-12)11-21-16(18)17-15(19)14-9-6-10-20-14/h5-13H,4H2,1-3H3;4-12H,1-3H3;4-12H,1-3H3;2-12H,1H3;2-11H,1H3;3-11H,2H2,1H3. The number of ether oxygens (including phenoxy) is 2. The number of nitrogens with zero attached hydrogens (tertiary/aromatic N) is 13. The molecule has 0 unspecified atom stereocenters. The second-order valence-corrected chi connectivity index (χ2v) is 35.2. The lowest BCUT2D eigenvalue weighted by Crippen LogP contribution is -2.17. The maximum atomic E-state index is 12.5. The molecule has 0 radical (unpaired) electrons. The van der Waals surface area contributed by atoms with Crippen LogP contribution >= 0.6 is 68.0 Å². The van der Waals surface area contributed by atoms with E-state index in [2.05, 4.69) is 121 Å². The van der Waals surface area contributed by atoms with E-state index in [-0.39, 0.29) is 41.2 Å². The van der Waals surface area contributed by atoms with E-state index in [0.717, 1.165) is 74.3 Å². The fourth-order valence-corrected chi connectivity index (χ4v) is 19.5. The van der Waals surface area contributed by atoms with Gasteiger partial charge in [0.25, 0.3) is 29.5 Å². The summed E-state index contributed by atoms with van der Waals surface area (Å²) in [5, 5.41) is 12.2. The number of aromatic nitrogens is 7. The summed E-state index contributed by atoms with van der Waals surface area (Å²) in [5.74, 6) is -0.250. The number of hydrogen-bond acceptors (Lipinski definition) is 16. The molecule has 6 amide bonds. The summed E-state index contributed by atoms with van der Waals surface area (Å²) in [6, 6.07) is 92.2. The molecule has 0 aliphatic heterocycles. The van der Waals surface area contributed by atoms with Gasteiger partial charge in [-0.2, -0.15) is 30.0 Å². The number of pyridine rings is 1. The molecule has 680 valence electrons. The van der Waals surface area contributed by atoms with Crippen LogP contribution in [0.1, 0.15) is 98.4 Å². The van der Waals surface area contributed by atoms with Crippen LogP contribution in [0.15, 0.2) is 376 Å². The molecule has 0 atom stereocenters. The van der Waals surface area contributed by atoms with Gasteiger partial charge >= 0.3 is 5.91 Å². The molecule has 0 N–H and O–H groups in total. The van der Waals surface area contributed by atoms with Gasteiger partial charge in [-0.25, -0.2) is 0 Å². The smallest absolute Gasteiger partial charge is 0.315 e. The van der Waals surface area contributed by atoms with Gasteiger partial charge in [0.15, 0.2) is 46.1 Å². The molecule has 0 spiro atoms. The van der Waals surface area contributed by atoms with Gasteiger partial charge in [-0.05, 0) is 154 Å². The Kier molecular flexibility index (Phi) is 34.5. The Morgan fingerprint density at radius 3 is 1.00 bits per heavy atom. The van der Waals surface area contributed by atoms with E-state index in [0.29, 0.717) is 63.3 Å². The first-order valence-electron chi connectivity index (χ1n) is 42.8. The van der Waals surface area contributed by atoms with Crippen LogP contribution in [0.25, 0.3) is 67.5 Å². The van der Waals surface area contributed by atoms with E-state index >= 15 is 0 Å². The van der Waals surface area contributed by atoms with E-state index < -0.39 is 0 Å². The van der Waals surface area contributed by atoms with Crippen LogP contribution in [0.3, 0.4) is 0 Å². The Bertz CT molecular complexity index is 7430. The van der Waals surface area contributed by atoms with Gasteiger partial charge in [-0.1, -0.05) is 223 Å². The summed E-state index contributed by atoms with van der Waals surface area (Å²) in [4.78, 5) is 107. The molecule has 0 fully saturated rings. The summed E-state index contributed by atoms with van der Waals surface area (Å²) in [5.41, 5.74) is 20.9. The predicted molar refractivity (Wildman–Crippen MR) is 542 cm³/mol. The fraction of sp³-hybridized carbons (Fsp3) is 0.131. The number of benzene rings is 10. The zero-order valence-corrected chi connectivity index (χ0v) is 81.2. The summed E-state index contributed by atoms with van der Waals surface area (Å²) >= 11 is 8.79. The second-order valence-electron chi connectivity index (χ2n) is 30.1. The summed E-state index contributed by atoms with van der Waals surface area (Å²) in [7, 11) is 10.8. The molecule has 8 heterocycles. The minimum absolute atomic E-state index is 0.202. The molecule has 10 aromatic carbocycles. The van der Waals surface area contributed by atoms with Crippen molar-refractivity contribution in [3.8, 4) is 79.0 Å². The number of amides is 6. The Morgan fingerprint density at radius 1 is 0.311 bits per heavy atom. The SMILES string of the molecule is CCn1c(-c2ccc(C)cc2C)csc1=NC(=O)c1ccccc1.CCn1c(-c2ccccc2)csc1=NC(=O)c1ccco1.COc1ccc(C(=O)N=c2scc(-c3ccccc3)n2C)cc1OC.Cc1ccc(-c2csc(=NC(=O)c3ccccc3)n2C)c(C)c1.Cn1c(-c2ccccc2)csc1=NC(=O)c1ccccc1.Cn1c(-c2ccccc2)csc1=NC(=O)c1cccnc1. The van der Waals surface area contributed by atoms with Crippen LogP contribution in [0.2, 0.25) is 0 Å². The fourth-order valence-electron chi connectivity index (χ4n) is 13.9. The van der Waals surface area contributed by atoms with Crippen LogP contribution in [-0.2, 0) is 41.3 Å². The van der Waals surface area contributed by atoms with E-state index in [1.54, 1.807) is 92.2 Å². The molecule has 0 bridgehead atoms. The average molecular weight is 1900 g/mol.